The lowest BCUT2D eigenvalue weighted by atomic mass is 10.2. The number of hydrogen-bond acceptors (Lipinski definition) is 4. The van der Waals surface area contributed by atoms with Gasteiger partial charge in [0, 0.05) is 11.8 Å². The van der Waals surface area contributed by atoms with E-state index in [0.29, 0.717) is 17.9 Å². The van der Waals surface area contributed by atoms with Crippen molar-refractivity contribution in [3.8, 4) is 11.8 Å². The first-order valence-electron chi connectivity index (χ1n) is 5.68. The van der Waals surface area contributed by atoms with Crippen LogP contribution in [0.15, 0.2) is 41.1 Å². The topological polar surface area (TPSA) is 62.1 Å². The van der Waals surface area contributed by atoms with E-state index in [2.05, 4.69) is 5.32 Å². The number of benzene rings is 1. The minimum absolute atomic E-state index is 0.00764. The summed E-state index contributed by atoms with van der Waals surface area (Å²) >= 11 is 1.57. The Labute approximate surface area is 115 Å². The highest BCUT2D eigenvalue weighted by atomic mass is 32.1. The van der Waals surface area contributed by atoms with Crippen molar-refractivity contribution in [1.82, 2.24) is 0 Å². The lowest BCUT2D eigenvalue weighted by Gasteiger charge is -2.07. The summed E-state index contributed by atoms with van der Waals surface area (Å²) in [7, 11) is 0. The van der Waals surface area contributed by atoms with Gasteiger partial charge in [0.25, 0.3) is 0 Å². The Kier molecular flexibility index (Phi) is 4.54. The lowest BCUT2D eigenvalue weighted by molar-refractivity contribution is -0.115. The number of nitriles is 1. The van der Waals surface area contributed by atoms with Crippen molar-refractivity contribution in [3.05, 3.63) is 46.7 Å². The van der Waals surface area contributed by atoms with Crippen molar-refractivity contribution in [2.75, 3.05) is 11.9 Å². The molecule has 0 saturated heterocycles. The molecule has 2 rings (SSSR count). The normalized spacial score (nSPS) is 9.63. The summed E-state index contributed by atoms with van der Waals surface area (Å²) in [6.45, 7) is -0.00764. The number of nitrogens with one attached hydrogen (secondary N) is 1. The molecule has 0 aliphatic heterocycles. The van der Waals surface area contributed by atoms with E-state index in [-0.39, 0.29) is 12.5 Å². The van der Waals surface area contributed by atoms with Crippen molar-refractivity contribution < 1.29 is 9.53 Å². The standard InChI is InChI=1S/C14H12N2O2S/c15-5-6-18-13-3-1-2-12(9-13)16-14(17)8-11-4-7-19-10-11/h1-4,7,9-10H,6,8H2,(H,16,17). The van der Waals surface area contributed by atoms with Crippen LogP contribution < -0.4 is 10.1 Å². The van der Waals surface area contributed by atoms with Gasteiger partial charge in [-0.3, -0.25) is 4.79 Å². The molecule has 0 bridgehead atoms. The summed E-state index contributed by atoms with van der Waals surface area (Å²) in [5, 5.41) is 15.1. The van der Waals surface area contributed by atoms with Gasteiger partial charge in [-0.05, 0) is 34.5 Å². The molecule has 0 radical (unpaired) electrons. The predicted molar refractivity (Wildman–Crippen MR) is 74.2 cm³/mol. The Morgan fingerprint density at radius 2 is 2.32 bits per heavy atom. The van der Waals surface area contributed by atoms with Gasteiger partial charge in [0.2, 0.25) is 5.91 Å². The maximum atomic E-state index is 11.8. The number of amides is 1. The Morgan fingerprint density at radius 1 is 1.42 bits per heavy atom. The zero-order valence-corrected chi connectivity index (χ0v) is 10.9. The van der Waals surface area contributed by atoms with Gasteiger partial charge in [-0.25, -0.2) is 0 Å². The molecule has 0 spiro atoms. The van der Waals surface area contributed by atoms with Crippen LogP contribution >= 0.6 is 11.3 Å². The number of thiophene rings is 1. The zero-order chi connectivity index (χ0) is 13.5. The molecule has 0 atom stereocenters. The fourth-order valence-corrected chi connectivity index (χ4v) is 2.23. The molecule has 1 aromatic heterocycles. The quantitative estimate of drug-likeness (QED) is 0.910. The van der Waals surface area contributed by atoms with Crippen LogP contribution in [-0.2, 0) is 11.2 Å². The molecule has 96 valence electrons. The Morgan fingerprint density at radius 3 is 3.05 bits per heavy atom. The molecule has 4 nitrogen and oxygen atoms in total. The van der Waals surface area contributed by atoms with E-state index in [0.717, 1.165) is 5.56 Å². The van der Waals surface area contributed by atoms with E-state index < -0.39 is 0 Å². The summed E-state index contributed by atoms with van der Waals surface area (Å²) in [4.78, 5) is 11.8. The highest BCUT2D eigenvalue weighted by Gasteiger charge is 2.05. The van der Waals surface area contributed by atoms with E-state index in [1.807, 2.05) is 22.9 Å². The highest BCUT2D eigenvalue weighted by molar-refractivity contribution is 7.08. The van der Waals surface area contributed by atoms with Crippen molar-refractivity contribution in [1.29, 1.82) is 5.26 Å². The van der Waals surface area contributed by atoms with Gasteiger partial charge in [0.05, 0.1) is 6.42 Å². The van der Waals surface area contributed by atoms with Crippen LogP contribution in [0.25, 0.3) is 0 Å². The smallest absolute Gasteiger partial charge is 0.228 e. The molecule has 0 aliphatic rings. The monoisotopic (exact) mass is 272 g/mol. The number of anilines is 1. The molecular weight excluding hydrogens is 260 g/mol. The van der Waals surface area contributed by atoms with Crippen molar-refractivity contribution in [3.63, 3.8) is 0 Å². The predicted octanol–water partition coefficient (Wildman–Crippen LogP) is 2.83. The second-order valence-corrected chi connectivity index (χ2v) is 4.61. The van der Waals surface area contributed by atoms with Crippen molar-refractivity contribution in [2.24, 2.45) is 0 Å². The minimum atomic E-state index is -0.0733. The third-order valence-corrected chi connectivity index (χ3v) is 3.10. The van der Waals surface area contributed by atoms with Gasteiger partial charge in [-0.2, -0.15) is 16.6 Å². The number of ether oxygens (including phenoxy) is 1. The number of nitrogens with zero attached hydrogens (tertiary/aromatic N) is 1. The number of carbonyl (C=O) groups is 1. The lowest BCUT2D eigenvalue weighted by Crippen LogP contribution is -2.13. The average molecular weight is 272 g/mol. The van der Waals surface area contributed by atoms with E-state index >= 15 is 0 Å². The maximum absolute atomic E-state index is 11.8. The molecule has 0 saturated carbocycles. The number of hydrogen-bond donors (Lipinski definition) is 1. The first-order valence-corrected chi connectivity index (χ1v) is 6.63. The van der Waals surface area contributed by atoms with Crippen molar-refractivity contribution in [2.45, 2.75) is 6.42 Å². The van der Waals surface area contributed by atoms with E-state index in [1.165, 1.54) is 0 Å². The highest BCUT2D eigenvalue weighted by Crippen LogP contribution is 2.17. The van der Waals surface area contributed by atoms with E-state index in [9.17, 15) is 4.79 Å². The first kappa shape index (κ1) is 13.1. The molecule has 2 aromatic rings. The number of carbonyl (C=O) groups excluding carboxylic acids is 1. The Bertz CT molecular complexity index is 588. The fourth-order valence-electron chi connectivity index (χ4n) is 1.56. The van der Waals surface area contributed by atoms with Crippen LogP contribution in [0, 0.1) is 11.3 Å². The summed E-state index contributed by atoms with van der Waals surface area (Å²) in [5.41, 5.74) is 1.66. The van der Waals surface area contributed by atoms with Crippen LogP contribution in [0.3, 0.4) is 0 Å². The molecular formula is C14H12N2O2S. The third-order valence-electron chi connectivity index (χ3n) is 2.37. The van der Waals surface area contributed by atoms with Crippen LogP contribution in [0.1, 0.15) is 5.56 Å². The van der Waals surface area contributed by atoms with Crippen LogP contribution in [0.5, 0.6) is 5.75 Å². The molecule has 5 heteroatoms. The molecule has 1 aromatic carbocycles. The molecule has 0 aliphatic carbocycles. The second kappa shape index (κ2) is 6.57. The molecule has 1 heterocycles. The van der Waals surface area contributed by atoms with Gasteiger partial charge >= 0.3 is 0 Å². The Balaban J connectivity index is 1.95. The van der Waals surface area contributed by atoms with Crippen molar-refractivity contribution >= 4 is 22.9 Å². The molecule has 1 N–H and O–H groups in total. The minimum Gasteiger partial charge on any atom is -0.479 e. The number of rotatable bonds is 5. The van der Waals surface area contributed by atoms with Gasteiger partial charge < -0.3 is 10.1 Å². The zero-order valence-electron chi connectivity index (χ0n) is 10.1. The van der Waals surface area contributed by atoms with E-state index in [4.69, 9.17) is 10.00 Å². The third kappa shape index (κ3) is 4.12. The SMILES string of the molecule is N#CCOc1cccc(NC(=O)Cc2ccsc2)c1. The maximum Gasteiger partial charge on any atom is 0.228 e. The van der Waals surface area contributed by atoms with Crippen LogP contribution in [-0.4, -0.2) is 12.5 Å². The first-order chi connectivity index (χ1) is 9.28. The fraction of sp³-hybridized carbons (Fsp3) is 0.143. The van der Waals surface area contributed by atoms with Crippen LogP contribution in [0.2, 0.25) is 0 Å². The van der Waals surface area contributed by atoms with Gasteiger partial charge in [0.1, 0.15) is 11.8 Å². The summed E-state index contributed by atoms with van der Waals surface area (Å²) in [5.74, 6) is 0.491. The summed E-state index contributed by atoms with van der Waals surface area (Å²) < 4.78 is 5.17. The summed E-state index contributed by atoms with van der Waals surface area (Å²) in [6.07, 6.45) is 0.354. The summed E-state index contributed by atoms with van der Waals surface area (Å²) in [6, 6.07) is 10.8. The van der Waals surface area contributed by atoms with Crippen LogP contribution in [0.4, 0.5) is 5.69 Å². The van der Waals surface area contributed by atoms with Gasteiger partial charge in [0.15, 0.2) is 6.61 Å². The average Bonchev–Trinajstić information content (AvgIpc) is 2.89. The van der Waals surface area contributed by atoms with E-state index in [1.54, 1.807) is 35.6 Å². The largest absolute Gasteiger partial charge is 0.479 e. The Hall–Kier alpha value is -2.32. The molecule has 0 fully saturated rings. The molecule has 1 amide bonds. The van der Waals surface area contributed by atoms with Gasteiger partial charge in [-0.1, -0.05) is 6.07 Å². The molecule has 19 heavy (non-hydrogen) atoms. The van der Waals surface area contributed by atoms with Gasteiger partial charge in [-0.15, -0.1) is 0 Å². The molecule has 0 unspecified atom stereocenters. The second-order valence-electron chi connectivity index (χ2n) is 3.83.